The number of anilines is 1. The van der Waals surface area contributed by atoms with Gasteiger partial charge in [-0.05, 0) is 36.7 Å². The average Bonchev–Trinajstić information content (AvgIpc) is 2.59. The Morgan fingerprint density at radius 2 is 2.11 bits per heavy atom. The van der Waals surface area contributed by atoms with Crippen molar-refractivity contribution in [3.63, 3.8) is 0 Å². The summed E-state index contributed by atoms with van der Waals surface area (Å²) < 4.78 is 2.13. The molecule has 8 heteroatoms. The van der Waals surface area contributed by atoms with Crippen molar-refractivity contribution in [3.8, 4) is 0 Å². The molecule has 0 aliphatic rings. The summed E-state index contributed by atoms with van der Waals surface area (Å²) in [6, 6.07) is 0. The molecule has 2 rings (SSSR count). The van der Waals surface area contributed by atoms with E-state index in [2.05, 4.69) is 31.0 Å². The number of nitrogens with zero attached hydrogens (tertiary/aromatic N) is 5. The number of carboxylic acid groups (broad SMARTS) is 1. The number of carbonyl (C=O) groups is 1. The van der Waals surface area contributed by atoms with Gasteiger partial charge in [0.1, 0.15) is 10.9 Å². The molecule has 0 saturated carbocycles. The van der Waals surface area contributed by atoms with E-state index in [0.717, 1.165) is 0 Å². The molecule has 0 fully saturated rings. The largest absolute Gasteiger partial charge is 0.465 e. The number of imidazole rings is 1. The van der Waals surface area contributed by atoms with E-state index in [1.807, 2.05) is 0 Å². The summed E-state index contributed by atoms with van der Waals surface area (Å²) in [5.41, 5.74) is -0.235. The Hall–Kier alpha value is -1.70. The highest BCUT2D eigenvalue weighted by molar-refractivity contribution is 9.10. The summed E-state index contributed by atoms with van der Waals surface area (Å²) in [5.74, 6) is 0.260. The van der Waals surface area contributed by atoms with E-state index in [1.165, 1.54) is 15.7 Å². The lowest BCUT2D eigenvalue weighted by Gasteiger charge is -2.31. The van der Waals surface area contributed by atoms with Gasteiger partial charge in [-0.3, -0.25) is 4.90 Å². The first-order chi connectivity index (χ1) is 8.32. The lowest BCUT2D eigenvalue weighted by atomic mass is 10.1. The van der Waals surface area contributed by atoms with Crippen molar-refractivity contribution in [2.45, 2.75) is 26.3 Å². The van der Waals surface area contributed by atoms with Crippen LogP contribution in [0.3, 0.4) is 0 Å². The molecule has 96 valence electrons. The summed E-state index contributed by atoms with van der Waals surface area (Å²) in [6.07, 6.45) is 1.77. The predicted octanol–water partition coefficient (Wildman–Crippen LogP) is 2.17. The van der Waals surface area contributed by atoms with Crippen molar-refractivity contribution in [1.29, 1.82) is 0 Å². The highest BCUT2D eigenvalue weighted by Gasteiger charge is 2.31. The summed E-state index contributed by atoms with van der Waals surface area (Å²) in [6.45, 7) is 5.37. The molecule has 1 amide bonds. The van der Waals surface area contributed by atoms with E-state index >= 15 is 0 Å². The van der Waals surface area contributed by atoms with Crippen LogP contribution < -0.4 is 4.90 Å². The molecular formula is C10H12BrN5O2. The third kappa shape index (κ3) is 2.03. The second-order valence-electron chi connectivity index (χ2n) is 4.69. The molecule has 0 bridgehead atoms. The Balaban J connectivity index is 2.69. The van der Waals surface area contributed by atoms with Crippen LogP contribution in [0.15, 0.2) is 17.1 Å². The average molecular weight is 314 g/mol. The molecule has 1 N–H and O–H groups in total. The zero-order valence-corrected chi connectivity index (χ0v) is 11.7. The van der Waals surface area contributed by atoms with Gasteiger partial charge >= 0.3 is 6.09 Å². The van der Waals surface area contributed by atoms with Gasteiger partial charge in [0, 0.05) is 5.54 Å². The zero-order valence-electron chi connectivity index (χ0n) is 10.1. The monoisotopic (exact) mass is 313 g/mol. The Labute approximate surface area is 112 Å². The summed E-state index contributed by atoms with van der Waals surface area (Å²) in [5, 5.41) is 13.3. The third-order valence-corrected chi connectivity index (χ3v) is 2.86. The van der Waals surface area contributed by atoms with Gasteiger partial charge in [-0.1, -0.05) is 0 Å². The number of hydrogen-bond donors (Lipinski definition) is 1. The molecule has 18 heavy (non-hydrogen) atoms. The van der Waals surface area contributed by atoms with Crippen molar-refractivity contribution in [3.05, 3.63) is 17.1 Å². The number of amides is 1. The summed E-state index contributed by atoms with van der Waals surface area (Å²) in [4.78, 5) is 20.7. The maximum atomic E-state index is 11.4. The maximum absolute atomic E-state index is 11.4. The van der Waals surface area contributed by atoms with E-state index in [1.54, 1.807) is 27.0 Å². The second kappa shape index (κ2) is 4.20. The molecule has 2 aromatic rings. The summed E-state index contributed by atoms with van der Waals surface area (Å²) >= 11 is 3.28. The predicted molar refractivity (Wildman–Crippen MR) is 68.7 cm³/mol. The quantitative estimate of drug-likeness (QED) is 0.872. The minimum absolute atomic E-state index is 0.260. The topological polar surface area (TPSA) is 83.6 Å². The Kier molecular flexibility index (Phi) is 2.97. The minimum atomic E-state index is -1.08. The molecule has 0 aromatic carbocycles. The van der Waals surface area contributed by atoms with Crippen LogP contribution in [0.2, 0.25) is 0 Å². The maximum Gasteiger partial charge on any atom is 0.413 e. The highest BCUT2D eigenvalue weighted by atomic mass is 79.9. The van der Waals surface area contributed by atoms with Crippen LogP contribution >= 0.6 is 15.9 Å². The first-order valence-electron chi connectivity index (χ1n) is 5.20. The molecule has 7 nitrogen and oxygen atoms in total. The number of halogens is 1. The fraction of sp³-hybridized carbons (Fsp3) is 0.400. The van der Waals surface area contributed by atoms with Gasteiger partial charge < -0.3 is 5.11 Å². The molecule has 0 spiro atoms. The Morgan fingerprint density at radius 1 is 1.44 bits per heavy atom. The first kappa shape index (κ1) is 12.7. The Morgan fingerprint density at radius 3 is 2.67 bits per heavy atom. The summed E-state index contributed by atoms with van der Waals surface area (Å²) in [7, 11) is 0. The standard InChI is InChI=1S/C10H12BrN5O2/c1-10(2,3)15(9(17)18)7-8-12-4-6(11)16(8)14-5-13-7/h4-5H,1-3H3,(H,17,18). The van der Waals surface area contributed by atoms with E-state index in [-0.39, 0.29) is 5.82 Å². The fourth-order valence-corrected chi connectivity index (χ4v) is 1.99. The molecule has 0 saturated heterocycles. The van der Waals surface area contributed by atoms with E-state index in [9.17, 15) is 9.90 Å². The smallest absolute Gasteiger partial charge is 0.413 e. The van der Waals surface area contributed by atoms with Crippen molar-refractivity contribution < 1.29 is 9.90 Å². The minimum Gasteiger partial charge on any atom is -0.465 e. The number of rotatable bonds is 1. The molecule has 0 aliphatic heterocycles. The number of aromatic nitrogens is 4. The molecule has 2 aromatic heterocycles. The third-order valence-electron chi connectivity index (χ3n) is 2.32. The second-order valence-corrected chi connectivity index (χ2v) is 5.50. The SMILES string of the molecule is CC(C)(C)N(C(=O)O)c1ncnn2c(Br)cnc12. The van der Waals surface area contributed by atoms with Gasteiger partial charge in [-0.25, -0.2) is 19.3 Å². The van der Waals surface area contributed by atoms with Gasteiger partial charge in [-0.2, -0.15) is 5.10 Å². The zero-order chi connectivity index (χ0) is 13.5. The van der Waals surface area contributed by atoms with E-state index in [4.69, 9.17) is 0 Å². The molecular weight excluding hydrogens is 302 g/mol. The van der Waals surface area contributed by atoms with Crippen LogP contribution in [0.1, 0.15) is 20.8 Å². The van der Waals surface area contributed by atoms with Crippen LogP contribution in [0, 0.1) is 0 Å². The fourth-order valence-electron chi connectivity index (χ4n) is 1.63. The number of hydrogen-bond acceptors (Lipinski definition) is 4. The lowest BCUT2D eigenvalue weighted by Crippen LogP contribution is -2.46. The Bertz CT molecular complexity index is 604. The first-order valence-corrected chi connectivity index (χ1v) is 5.99. The van der Waals surface area contributed by atoms with Gasteiger partial charge in [0.15, 0.2) is 11.5 Å². The van der Waals surface area contributed by atoms with E-state index in [0.29, 0.717) is 10.3 Å². The van der Waals surface area contributed by atoms with Crippen LogP contribution in [0.5, 0.6) is 0 Å². The molecule has 2 heterocycles. The van der Waals surface area contributed by atoms with Crippen molar-refractivity contribution >= 4 is 33.5 Å². The van der Waals surface area contributed by atoms with E-state index < -0.39 is 11.6 Å². The number of fused-ring (bicyclic) bond motifs is 1. The van der Waals surface area contributed by atoms with Crippen molar-refractivity contribution in [2.24, 2.45) is 0 Å². The van der Waals surface area contributed by atoms with Gasteiger partial charge in [0.05, 0.1) is 6.20 Å². The molecule has 0 atom stereocenters. The van der Waals surface area contributed by atoms with Gasteiger partial charge in [0.2, 0.25) is 0 Å². The molecule has 0 aliphatic carbocycles. The molecule has 0 unspecified atom stereocenters. The van der Waals surface area contributed by atoms with Gasteiger partial charge in [0.25, 0.3) is 0 Å². The van der Waals surface area contributed by atoms with Gasteiger partial charge in [-0.15, -0.1) is 0 Å². The lowest BCUT2D eigenvalue weighted by molar-refractivity contribution is 0.195. The van der Waals surface area contributed by atoms with Crippen LogP contribution in [0.4, 0.5) is 10.6 Å². The van der Waals surface area contributed by atoms with Crippen LogP contribution in [-0.4, -0.2) is 36.3 Å². The van der Waals surface area contributed by atoms with Crippen molar-refractivity contribution in [1.82, 2.24) is 19.6 Å². The highest BCUT2D eigenvalue weighted by Crippen LogP contribution is 2.26. The van der Waals surface area contributed by atoms with Crippen molar-refractivity contribution in [2.75, 3.05) is 4.90 Å². The van der Waals surface area contributed by atoms with Crippen LogP contribution in [0.25, 0.3) is 5.65 Å². The van der Waals surface area contributed by atoms with Crippen LogP contribution in [-0.2, 0) is 0 Å². The normalized spacial score (nSPS) is 11.8. The molecule has 0 radical (unpaired) electrons.